The lowest BCUT2D eigenvalue weighted by Crippen LogP contribution is -2.48. The third kappa shape index (κ3) is 3.67. The van der Waals surface area contributed by atoms with Crippen LogP contribution in [0.4, 0.5) is 5.82 Å². The average Bonchev–Trinajstić information content (AvgIpc) is 3.10. The van der Waals surface area contributed by atoms with Gasteiger partial charge >= 0.3 is 0 Å². The van der Waals surface area contributed by atoms with Crippen LogP contribution in [-0.2, 0) is 17.4 Å². The summed E-state index contributed by atoms with van der Waals surface area (Å²) in [5, 5.41) is 4.28. The number of morpholine rings is 1. The molecule has 1 saturated heterocycles. The zero-order chi connectivity index (χ0) is 18.0. The van der Waals surface area contributed by atoms with Crippen molar-refractivity contribution in [1.29, 1.82) is 0 Å². The second-order valence-corrected chi connectivity index (χ2v) is 7.50. The van der Waals surface area contributed by atoms with Crippen molar-refractivity contribution in [2.24, 2.45) is 7.05 Å². The smallest absolute Gasteiger partial charge is 0.234 e. The molecule has 7 heteroatoms. The molecule has 2 aliphatic rings. The standard InChI is InChI=1S/C19H27N5O2/c1-19(15-10-21-23(2)13-15)14-24(8-9-25-19)17-11-20-12-18(22-17)26-16-6-4-3-5-7-16/h10-13,16H,3-9,14H2,1-2H3. The maximum absolute atomic E-state index is 6.09. The average molecular weight is 357 g/mol. The monoisotopic (exact) mass is 357 g/mol. The third-order valence-electron chi connectivity index (χ3n) is 5.35. The van der Waals surface area contributed by atoms with E-state index in [-0.39, 0.29) is 6.10 Å². The molecule has 1 unspecified atom stereocenters. The van der Waals surface area contributed by atoms with Gasteiger partial charge < -0.3 is 14.4 Å². The fraction of sp³-hybridized carbons (Fsp3) is 0.632. The van der Waals surface area contributed by atoms with Crippen molar-refractivity contribution in [3.8, 4) is 5.88 Å². The van der Waals surface area contributed by atoms with E-state index in [4.69, 9.17) is 14.5 Å². The Morgan fingerprint density at radius 2 is 2.04 bits per heavy atom. The maximum Gasteiger partial charge on any atom is 0.234 e. The molecule has 1 atom stereocenters. The number of aryl methyl sites for hydroxylation is 1. The number of nitrogens with zero attached hydrogens (tertiary/aromatic N) is 5. The Hall–Kier alpha value is -2.15. The van der Waals surface area contributed by atoms with Gasteiger partial charge in [-0.1, -0.05) is 6.42 Å². The van der Waals surface area contributed by atoms with Crippen molar-refractivity contribution in [3.63, 3.8) is 0 Å². The first-order valence-corrected chi connectivity index (χ1v) is 9.49. The number of aromatic nitrogens is 4. The quantitative estimate of drug-likeness (QED) is 0.838. The van der Waals surface area contributed by atoms with Crippen LogP contribution in [0, 0.1) is 0 Å². The second kappa shape index (κ2) is 7.23. The first-order chi connectivity index (χ1) is 12.6. The highest BCUT2D eigenvalue weighted by molar-refractivity contribution is 5.40. The van der Waals surface area contributed by atoms with Gasteiger partial charge in [0.05, 0.1) is 31.7 Å². The van der Waals surface area contributed by atoms with E-state index in [1.807, 2.05) is 25.6 Å². The zero-order valence-corrected chi connectivity index (χ0v) is 15.6. The summed E-state index contributed by atoms with van der Waals surface area (Å²) in [5.41, 5.74) is 0.668. The molecule has 0 amide bonds. The summed E-state index contributed by atoms with van der Waals surface area (Å²) in [6, 6.07) is 0. The lowest BCUT2D eigenvalue weighted by atomic mass is 9.97. The zero-order valence-electron chi connectivity index (χ0n) is 15.6. The summed E-state index contributed by atoms with van der Waals surface area (Å²) in [5.74, 6) is 1.47. The molecule has 2 aromatic rings. The van der Waals surface area contributed by atoms with Gasteiger partial charge in [-0.2, -0.15) is 10.1 Å². The van der Waals surface area contributed by atoms with Crippen LogP contribution in [0.25, 0.3) is 0 Å². The van der Waals surface area contributed by atoms with E-state index in [0.717, 1.165) is 30.8 Å². The summed E-state index contributed by atoms with van der Waals surface area (Å²) in [6.45, 7) is 4.24. The van der Waals surface area contributed by atoms with Crippen molar-refractivity contribution >= 4 is 5.82 Å². The Kier molecular flexibility index (Phi) is 4.80. The number of hydrogen-bond donors (Lipinski definition) is 0. The highest BCUT2D eigenvalue weighted by Crippen LogP contribution is 2.31. The summed E-state index contributed by atoms with van der Waals surface area (Å²) >= 11 is 0. The van der Waals surface area contributed by atoms with Gasteiger partial charge in [0.15, 0.2) is 5.82 Å². The van der Waals surface area contributed by atoms with Crippen LogP contribution in [-0.4, -0.2) is 45.5 Å². The molecule has 26 heavy (non-hydrogen) atoms. The van der Waals surface area contributed by atoms with E-state index in [2.05, 4.69) is 21.9 Å². The Bertz CT molecular complexity index is 743. The minimum Gasteiger partial charge on any atom is -0.473 e. The topological polar surface area (TPSA) is 65.3 Å². The van der Waals surface area contributed by atoms with Crippen molar-refractivity contribution in [3.05, 3.63) is 30.4 Å². The first-order valence-electron chi connectivity index (χ1n) is 9.49. The van der Waals surface area contributed by atoms with Gasteiger partial charge in [-0.3, -0.25) is 9.67 Å². The molecule has 0 aromatic carbocycles. The van der Waals surface area contributed by atoms with E-state index in [9.17, 15) is 0 Å². The van der Waals surface area contributed by atoms with Crippen molar-refractivity contribution in [2.75, 3.05) is 24.6 Å². The molecule has 2 fully saturated rings. The predicted molar refractivity (Wildman–Crippen MR) is 98.3 cm³/mol. The third-order valence-corrected chi connectivity index (χ3v) is 5.35. The van der Waals surface area contributed by atoms with Crippen LogP contribution in [0.5, 0.6) is 5.88 Å². The molecule has 3 heterocycles. The maximum atomic E-state index is 6.09. The fourth-order valence-electron chi connectivity index (χ4n) is 3.84. The van der Waals surface area contributed by atoms with Gasteiger partial charge in [-0.05, 0) is 32.6 Å². The number of anilines is 1. The van der Waals surface area contributed by atoms with Crippen LogP contribution >= 0.6 is 0 Å². The van der Waals surface area contributed by atoms with Crippen molar-refractivity contribution in [2.45, 2.75) is 50.7 Å². The van der Waals surface area contributed by atoms with Crippen molar-refractivity contribution < 1.29 is 9.47 Å². The highest BCUT2D eigenvalue weighted by atomic mass is 16.5. The Labute approximate surface area is 154 Å². The molecular formula is C19H27N5O2. The van der Waals surface area contributed by atoms with Gasteiger partial charge in [-0.25, -0.2) is 0 Å². The molecule has 4 rings (SSSR count). The SMILES string of the molecule is Cn1cc(C2(C)CN(c3cncc(OC4CCCCC4)n3)CCO2)cn1. The Morgan fingerprint density at radius 3 is 2.81 bits per heavy atom. The van der Waals surface area contributed by atoms with E-state index in [0.29, 0.717) is 19.0 Å². The molecule has 1 saturated carbocycles. The lowest BCUT2D eigenvalue weighted by Gasteiger charge is -2.40. The highest BCUT2D eigenvalue weighted by Gasteiger charge is 2.35. The molecule has 0 bridgehead atoms. The van der Waals surface area contributed by atoms with Gasteiger partial charge in [0.25, 0.3) is 0 Å². The molecule has 0 radical (unpaired) electrons. The van der Waals surface area contributed by atoms with Crippen LogP contribution in [0.2, 0.25) is 0 Å². The molecule has 0 N–H and O–H groups in total. The largest absolute Gasteiger partial charge is 0.473 e. The van der Waals surface area contributed by atoms with Crippen LogP contribution in [0.15, 0.2) is 24.8 Å². The summed E-state index contributed by atoms with van der Waals surface area (Å²) in [7, 11) is 1.92. The number of hydrogen-bond acceptors (Lipinski definition) is 6. The van der Waals surface area contributed by atoms with E-state index >= 15 is 0 Å². The minimum absolute atomic E-state index is 0.277. The molecule has 1 aliphatic heterocycles. The number of ether oxygens (including phenoxy) is 2. The summed E-state index contributed by atoms with van der Waals surface area (Å²) in [6.07, 6.45) is 13.7. The summed E-state index contributed by atoms with van der Waals surface area (Å²) < 4.78 is 14.0. The molecular weight excluding hydrogens is 330 g/mol. The van der Waals surface area contributed by atoms with E-state index in [1.54, 1.807) is 10.9 Å². The minimum atomic E-state index is -0.408. The summed E-state index contributed by atoms with van der Waals surface area (Å²) in [4.78, 5) is 11.3. The van der Waals surface area contributed by atoms with E-state index < -0.39 is 5.60 Å². The lowest BCUT2D eigenvalue weighted by molar-refractivity contribution is -0.0469. The predicted octanol–water partition coefficient (Wildman–Crippen LogP) is 2.67. The van der Waals surface area contributed by atoms with E-state index in [1.165, 1.54) is 19.3 Å². The van der Waals surface area contributed by atoms with Gasteiger partial charge in [0.2, 0.25) is 5.88 Å². The fourth-order valence-corrected chi connectivity index (χ4v) is 3.84. The Morgan fingerprint density at radius 1 is 1.19 bits per heavy atom. The van der Waals surface area contributed by atoms with Gasteiger partial charge in [0, 0.05) is 25.4 Å². The van der Waals surface area contributed by atoms with Crippen molar-refractivity contribution in [1.82, 2.24) is 19.7 Å². The number of rotatable bonds is 4. The molecule has 2 aromatic heterocycles. The van der Waals surface area contributed by atoms with Crippen LogP contribution in [0.3, 0.4) is 0 Å². The van der Waals surface area contributed by atoms with Gasteiger partial charge in [0.1, 0.15) is 11.7 Å². The Balaban J connectivity index is 1.49. The van der Waals surface area contributed by atoms with Gasteiger partial charge in [-0.15, -0.1) is 0 Å². The molecule has 0 spiro atoms. The molecule has 140 valence electrons. The molecule has 7 nitrogen and oxygen atoms in total. The van der Waals surface area contributed by atoms with Crippen LogP contribution in [0.1, 0.15) is 44.6 Å². The van der Waals surface area contributed by atoms with Crippen LogP contribution < -0.4 is 9.64 Å². The second-order valence-electron chi connectivity index (χ2n) is 7.50. The molecule has 1 aliphatic carbocycles. The normalized spacial score (nSPS) is 24.6. The first kappa shape index (κ1) is 17.3.